The van der Waals surface area contributed by atoms with Crippen molar-refractivity contribution in [1.82, 2.24) is 9.55 Å². The molecule has 0 aliphatic carbocycles. The molecule has 3 rings (SSSR count). The second-order valence-electron chi connectivity index (χ2n) is 8.06. The molecule has 8 heteroatoms. The highest BCUT2D eigenvalue weighted by Crippen LogP contribution is 2.47. The molecule has 1 aliphatic heterocycles. The number of halogens is 2. The minimum Gasteiger partial charge on any atom is -0.477 e. The van der Waals surface area contributed by atoms with Gasteiger partial charge in [0.05, 0.1) is 11.1 Å². The highest BCUT2D eigenvalue weighted by molar-refractivity contribution is 6.30. The average molecular weight is 408 g/mol. The standard InChI is InChI=1S/C20H23ClFN3O3/c1-6-7-23-14-11-16(26)12(19(27)28)15-10(9(2)3)8-20(4,5)25(15)18(11)24-17(21)13(14)22/h6,9-10H,1,7-8H2,2-5H3,(H,23,24)(H,27,28). The maximum atomic E-state index is 14.7. The summed E-state index contributed by atoms with van der Waals surface area (Å²) >= 11 is 6.04. The van der Waals surface area contributed by atoms with E-state index >= 15 is 0 Å². The first-order valence-electron chi connectivity index (χ1n) is 9.09. The molecule has 0 saturated carbocycles. The fraction of sp³-hybridized carbons (Fsp3) is 0.450. The normalized spacial score (nSPS) is 17.8. The molecule has 2 aromatic heterocycles. The molecule has 0 bridgehead atoms. The summed E-state index contributed by atoms with van der Waals surface area (Å²) < 4.78 is 16.5. The van der Waals surface area contributed by atoms with Crippen molar-refractivity contribution >= 4 is 34.3 Å². The highest BCUT2D eigenvalue weighted by atomic mass is 35.5. The molecule has 2 N–H and O–H groups in total. The summed E-state index contributed by atoms with van der Waals surface area (Å²) in [7, 11) is 0. The van der Waals surface area contributed by atoms with E-state index in [9.17, 15) is 19.1 Å². The Balaban J connectivity index is 2.60. The van der Waals surface area contributed by atoms with E-state index in [-0.39, 0.29) is 45.8 Å². The van der Waals surface area contributed by atoms with Crippen LogP contribution in [-0.2, 0) is 5.54 Å². The number of carboxylic acid groups (broad SMARTS) is 1. The molecular weight excluding hydrogens is 385 g/mol. The zero-order valence-electron chi connectivity index (χ0n) is 16.3. The van der Waals surface area contributed by atoms with Crippen molar-refractivity contribution in [1.29, 1.82) is 0 Å². The van der Waals surface area contributed by atoms with Gasteiger partial charge in [-0.05, 0) is 26.2 Å². The van der Waals surface area contributed by atoms with Gasteiger partial charge in [-0.1, -0.05) is 31.5 Å². The Morgan fingerprint density at radius 1 is 1.54 bits per heavy atom. The predicted octanol–water partition coefficient (Wildman–Crippen LogP) is 4.36. The van der Waals surface area contributed by atoms with E-state index in [1.807, 2.05) is 27.7 Å². The van der Waals surface area contributed by atoms with Crippen LogP contribution in [0.25, 0.3) is 11.0 Å². The van der Waals surface area contributed by atoms with E-state index in [1.54, 1.807) is 4.57 Å². The van der Waals surface area contributed by atoms with Crippen molar-refractivity contribution < 1.29 is 14.3 Å². The van der Waals surface area contributed by atoms with Gasteiger partial charge in [-0.2, -0.15) is 0 Å². The Hall–Kier alpha value is -2.41. The Bertz CT molecular complexity index is 1060. The van der Waals surface area contributed by atoms with Crippen molar-refractivity contribution in [3.05, 3.63) is 45.1 Å². The van der Waals surface area contributed by atoms with Gasteiger partial charge in [0.15, 0.2) is 11.0 Å². The number of carbonyl (C=O) groups is 1. The molecule has 0 amide bonds. The molecule has 0 radical (unpaired) electrons. The lowest BCUT2D eigenvalue weighted by Crippen LogP contribution is -2.29. The van der Waals surface area contributed by atoms with E-state index in [4.69, 9.17) is 11.6 Å². The number of pyridine rings is 2. The highest BCUT2D eigenvalue weighted by Gasteiger charge is 2.43. The summed E-state index contributed by atoms with van der Waals surface area (Å²) in [6.45, 7) is 11.6. The molecule has 6 nitrogen and oxygen atoms in total. The number of aromatic nitrogens is 2. The van der Waals surface area contributed by atoms with Gasteiger partial charge < -0.3 is 15.0 Å². The van der Waals surface area contributed by atoms with Crippen LogP contribution in [0.15, 0.2) is 17.4 Å². The molecule has 0 spiro atoms. The fourth-order valence-electron chi connectivity index (χ4n) is 4.16. The summed E-state index contributed by atoms with van der Waals surface area (Å²) in [5.41, 5.74) is -1.15. The molecule has 28 heavy (non-hydrogen) atoms. The van der Waals surface area contributed by atoms with Crippen LogP contribution in [0.4, 0.5) is 10.1 Å². The van der Waals surface area contributed by atoms with Crippen molar-refractivity contribution in [2.45, 2.75) is 45.6 Å². The number of anilines is 1. The number of carboxylic acids is 1. The number of hydrogen-bond donors (Lipinski definition) is 2. The Kier molecular flexibility index (Phi) is 5.00. The van der Waals surface area contributed by atoms with Crippen molar-refractivity contribution in [2.24, 2.45) is 5.92 Å². The third-order valence-electron chi connectivity index (χ3n) is 5.36. The predicted molar refractivity (Wildman–Crippen MR) is 108 cm³/mol. The second kappa shape index (κ2) is 6.88. The van der Waals surface area contributed by atoms with Crippen LogP contribution in [-0.4, -0.2) is 27.2 Å². The number of nitrogens with one attached hydrogen (secondary N) is 1. The summed E-state index contributed by atoms with van der Waals surface area (Å²) in [5.74, 6) is -2.25. The van der Waals surface area contributed by atoms with Crippen LogP contribution in [0.3, 0.4) is 0 Å². The van der Waals surface area contributed by atoms with Gasteiger partial charge >= 0.3 is 5.97 Å². The number of fused-ring (bicyclic) bond motifs is 3. The molecule has 1 atom stereocenters. The molecular formula is C20H23ClFN3O3. The first-order chi connectivity index (χ1) is 13.0. The quantitative estimate of drug-likeness (QED) is 0.568. The lowest BCUT2D eigenvalue weighted by Gasteiger charge is -2.25. The number of nitrogens with zero attached hydrogens (tertiary/aromatic N) is 2. The van der Waals surface area contributed by atoms with Crippen LogP contribution in [0.5, 0.6) is 0 Å². The number of aromatic carboxylic acids is 1. The summed E-state index contributed by atoms with van der Waals surface area (Å²) in [4.78, 5) is 29.5. The van der Waals surface area contributed by atoms with Gasteiger partial charge in [-0.15, -0.1) is 6.58 Å². The van der Waals surface area contributed by atoms with Crippen LogP contribution < -0.4 is 10.7 Å². The topological polar surface area (TPSA) is 84.2 Å². The Morgan fingerprint density at radius 2 is 2.18 bits per heavy atom. The van der Waals surface area contributed by atoms with Gasteiger partial charge in [-0.25, -0.2) is 14.2 Å². The van der Waals surface area contributed by atoms with Crippen LogP contribution in [0.1, 0.15) is 56.1 Å². The molecule has 1 aliphatic rings. The van der Waals surface area contributed by atoms with Gasteiger partial charge in [-0.3, -0.25) is 4.79 Å². The molecule has 1 unspecified atom stereocenters. The third-order valence-corrected chi connectivity index (χ3v) is 5.61. The van der Waals surface area contributed by atoms with Crippen molar-refractivity contribution in [2.75, 3.05) is 11.9 Å². The van der Waals surface area contributed by atoms with E-state index in [0.717, 1.165) is 0 Å². The summed E-state index contributed by atoms with van der Waals surface area (Å²) in [5, 5.41) is 12.2. The van der Waals surface area contributed by atoms with E-state index < -0.39 is 22.8 Å². The van der Waals surface area contributed by atoms with Gasteiger partial charge in [0.1, 0.15) is 11.2 Å². The average Bonchev–Trinajstić information content (AvgIpc) is 2.87. The maximum absolute atomic E-state index is 14.7. The minimum absolute atomic E-state index is 0.109. The summed E-state index contributed by atoms with van der Waals surface area (Å²) in [6, 6.07) is 0. The maximum Gasteiger partial charge on any atom is 0.341 e. The Labute approximate surface area is 167 Å². The third kappa shape index (κ3) is 2.89. The Morgan fingerprint density at radius 3 is 2.71 bits per heavy atom. The fourth-order valence-corrected chi connectivity index (χ4v) is 4.33. The van der Waals surface area contributed by atoms with Crippen LogP contribution >= 0.6 is 11.6 Å². The van der Waals surface area contributed by atoms with Crippen molar-refractivity contribution in [3.63, 3.8) is 0 Å². The number of rotatable bonds is 5. The lowest BCUT2D eigenvalue weighted by molar-refractivity contribution is 0.0693. The van der Waals surface area contributed by atoms with Gasteiger partial charge in [0.2, 0.25) is 5.43 Å². The molecule has 0 saturated heterocycles. The second-order valence-corrected chi connectivity index (χ2v) is 8.41. The van der Waals surface area contributed by atoms with E-state index in [1.165, 1.54) is 6.08 Å². The van der Waals surface area contributed by atoms with Crippen LogP contribution in [0, 0.1) is 11.7 Å². The zero-order chi connectivity index (χ0) is 21.0. The molecule has 0 fully saturated rings. The summed E-state index contributed by atoms with van der Waals surface area (Å²) in [6.07, 6.45) is 2.14. The first-order valence-corrected chi connectivity index (χ1v) is 9.46. The van der Waals surface area contributed by atoms with Gasteiger partial charge in [0.25, 0.3) is 0 Å². The smallest absolute Gasteiger partial charge is 0.341 e. The lowest BCUT2D eigenvalue weighted by atomic mass is 9.85. The van der Waals surface area contributed by atoms with E-state index in [0.29, 0.717) is 12.1 Å². The molecule has 3 heterocycles. The molecule has 2 aromatic rings. The van der Waals surface area contributed by atoms with Gasteiger partial charge in [0, 0.05) is 23.7 Å². The SMILES string of the molecule is C=CCNc1c(F)c(Cl)nc2c1c(=O)c(C(=O)O)c1n2C(C)(C)CC1C(C)C. The zero-order valence-corrected chi connectivity index (χ0v) is 17.0. The largest absolute Gasteiger partial charge is 0.477 e. The van der Waals surface area contributed by atoms with E-state index in [2.05, 4.69) is 16.9 Å². The molecule has 150 valence electrons. The number of hydrogen-bond acceptors (Lipinski definition) is 4. The molecule has 0 aromatic carbocycles. The monoisotopic (exact) mass is 407 g/mol. The minimum atomic E-state index is -1.33. The first kappa shape index (κ1) is 20.3. The van der Waals surface area contributed by atoms with Crippen LogP contribution in [0.2, 0.25) is 5.15 Å². The van der Waals surface area contributed by atoms with Crippen molar-refractivity contribution in [3.8, 4) is 0 Å².